The molecule has 2 N–H and O–H groups in total. The van der Waals surface area contributed by atoms with Gasteiger partial charge in [0.25, 0.3) is 11.6 Å². The normalized spacial score (nSPS) is 20.3. The van der Waals surface area contributed by atoms with Gasteiger partial charge in [0.2, 0.25) is 0 Å². The number of ether oxygens (including phenoxy) is 1. The summed E-state index contributed by atoms with van der Waals surface area (Å²) in [5.41, 5.74) is 1.08. The van der Waals surface area contributed by atoms with E-state index in [9.17, 15) is 4.79 Å². The van der Waals surface area contributed by atoms with E-state index in [0.29, 0.717) is 28.6 Å². The first kappa shape index (κ1) is 17.5. The van der Waals surface area contributed by atoms with Crippen molar-refractivity contribution in [3.05, 3.63) is 61.0 Å². The maximum Gasteiger partial charge on any atom is 0.295 e. The molecule has 29 heavy (non-hydrogen) atoms. The first-order valence-corrected chi connectivity index (χ1v) is 9.54. The zero-order chi connectivity index (χ0) is 19.8. The number of carbonyl (C=O) groups excluding carboxylic acids is 1. The number of hydrogen-bond donors (Lipinski definition) is 2. The van der Waals surface area contributed by atoms with Crippen molar-refractivity contribution in [3.8, 4) is 11.4 Å². The molecule has 0 saturated heterocycles. The maximum absolute atomic E-state index is 13.3. The van der Waals surface area contributed by atoms with Crippen molar-refractivity contribution in [1.29, 1.82) is 0 Å². The highest BCUT2D eigenvalue weighted by atomic mass is 16.5. The van der Waals surface area contributed by atoms with Crippen molar-refractivity contribution in [1.82, 2.24) is 29.9 Å². The molecule has 5 rings (SSSR count). The molecule has 1 aliphatic carbocycles. The molecule has 148 valence electrons. The summed E-state index contributed by atoms with van der Waals surface area (Å²) in [7, 11) is 1.80. The molecule has 3 aromatic rings. The Morgan fingerprint density at radius 1 is 1.38 bits per heavy atom. The van der Waals surface area contributed by atoms with Crippen molar-refractivity contribution in [2.75, 3.05) is 5.32 Å². The molecule has 9 heteroatoms. The quantitative estimate of drug-likeness (QED) is 0.667. The highest BCUT2D eigenvalue weighted by Crippen LogP contribution is 2.33. The van der Waals surface area contributed by atoms with Crippen LogP contribution in [0.15, 0.2) is 55.4 Å². The summed E-state index contributed by atoms with van der Waals surface area (Å²) in [4.78, 5) is 17.7. The van der Waals surface area contributed by atoms with Crippen LogP contribution in [0.25, 0.3) is 11.4 Å². The number of rotatable bonds is 6. The Morgan fingerprint density at radius 3 is 3.00 bits per heavy atom. The van der Waals surface area contributed by atoms with Crippen LogP contribution in [0.1, 0.15) is 18.4 Å². The minimum Gasteiger partial charge on any atom is -0.460 e. The van der Waals surface area contributed by atoms with E-state index in [1.54, 1.807) is 36.5 Å². The third kappa shape index (κ3) is 3.24. The van der Waals surface area contributed by atoms with Gasteiger partial charge in [-0.25, -0.2) is 0 Å². The summed E-state index contributed by atoms with van der Waals surface area (Å²) in [6.07, 6.45) is 12.5. The minimum atomic E-state index is -1.38. The SMILES string of the molecule is Cn1cc(NC(=O)C2(c3cnn(CC4CC4)c3)NC=CO2)c(-c2ccccn2)n1. The summed E-state index contributed by atoms with van der Waals surface area (Å²) < 4.78 is 9.26. The molecule has 0 spiro atoms. The van der Waals surface area contributed by atoms with Gasteiger partial charge in [0.15, 0.2) is 0 Å². The molecule has 1 saturated carbocycles. The number of carbonyl (C=O) groups is 1. The van der Waals surface area contributed by atoms with Crippen LogP contribution >= 0.6 is 0 Å². The predicted octanol–water partition coefficient (Wildman–Crippen LogP) is 1.97. The molecule has 1 aliphatic heterocycles. The lowest BCUT2D eigenvalue weighted by molar-refractivity contribution is -0.136. The van der Waals surface area contributed by atoms with Crippen LogP contribution < -0.4 is 10.6 Å². The molecule has 1 amide bonds. The molecule has 1 atom stereocenters. The van der Waals surface area contributed by atoms with Gasteiger partial charge in [-0.05, 0) is 30.9 Å². The molecular weight excluding hydrogens is 370 g/mol. The van der Waals surface area contributed by atoms with Crippen molar-refractivity contribution in [2.24, 2.45) is 13.0 Å². The Balaban J connectivity index is 1.43. The first-order valence-electron chi connectivity index (χ1n) is 9.54. The third-order valence-corrected chi connectivity index (χ3v) is 5.09. The standard InChI is InChI=1S/C20H21N7O2/c1-26-13-17(18(25-26)16-4-2-3-7-21-16)24-19(28)20(22-8-9-29-20)15-10-23-27(12-15)11-14-5-6-14/h2-4,7-10,12-14,22H,5-6,11H2,1H3,(H,24,28). The predicted molar refractivity (Wildman–Crippen MR) is 105 cm³/mol. The Morgan fingerprint density at radius 2 is 2.28 bits per heavy atom. The van der Waals surface area contributed by atoms with Crippen LogP contribution in [0.3, 0.4) is 0 Å². The minimum absolute atomic E-state index is 0.362. The topological polar surface area (TPSA) is 98.9 Å². The number of amides is 1. The van der Waals surface area contributed by atoms with Gasteiger partial charge in [-0.15, -0.1) is 0 Å². The highest BCUT2D eigenvalue weighted by Gasteiger charge is 2.45. The molecule has 4 heterocycles. The van der Waals surface area contributed by atoms with Crippen LogP contribution in [-0.2, 0) is 28.8 Å². The van der Waals surface area contributed by atoms with E-state index in [-0.39, 0.29) is 5.91 Å². The van der Waals surface area contributed by atoms with Gasteiger partial charge in [0.05, 0.1) is 23.1 Å². The molecule has 0 aromatic carbocycles. The van der Waals surface area contributed by atoms with E-state index in [1.165, 1.54) is 19.1 Å². The second-order valence-electron chi connectivity index (χ2n) is 7.37. The molecule has 2 aliphatic rings. The summed E-state index contributed by atoms with van der Waals surface area (Å²) in [5.74, 6) is 0.318. The maximum atomic E-state index is 13.3. The summed E-state index contributed by atoms with van der Waals surface area (Å²) in [5, 5.41) is 14.8. The van der Waals surface area contributed by atoms with Crippen molar-refractivity contribution < 1.29 is 9.53 Å². The number of pyridine rings is 1. The number of nitrogens with zero attached hydrogens (tertiary/aromatic N) is 5. The van der Waals surface area contributed by atoms with Crippen LogP contribution in [0, 0.1) is 5.92 Å². The van der Waals surface area contributed by atoms with E-state index in [2.05, 4.69) is 25.8 Å². The van der Waals surface area contributed by atoms with E-state index < -0.39 is 5.72 Å². The Labute approximate surface area is 167 Å². The smallest absolute Gasteiger partial charge is 0.295 e. The largest absolute Gasteiger partial charge is 0.460 e. The molecule has 1 unspecified atom stereocenters. The van der Waals surface area contributed by atoms with Crippen molar-refractivity contribution in [2.45, 2.75) is 25.1 Å². The molecule has 3 aromatic heterocycles. The average molecular weight is 391 g/mol. The van der Waals surface area contributed by atoms with E-state index in [0.717, 1.165) is 6.54 Å². The number of aromatic nitrogens is 5. The Bertz CT molecular complexity index is 1060. The van der Waals surface area contributed by atoms with Crippen molar-refractivity contribution >= 4 is 11.6 Å². The number of aryl methyl sites for hydroxylation is 1. The van der Waals surface area contributed by atoms with Gasteiger partial charge in [-0.3, -0.25) is 19.1 Å². The second-order valence-corrected chi connectivity index (χ2v) is 7.37. The van der Waals surface area contributed by atoms with E-state index in [1.807, 2.05) is 29.1 Å². The third-order valence-electron chi connectivity index (χ3n) is 5.09. The zero-order valence-corrected chi connectivity index (χ0v) is 15.9. The van der Waals surface area contributed by atoms with Gasteiger partial charge in [0.1, 0.15) is 12.0 Å². The lowest BCUT2D eigenvalue weighted by Crippen LogP contribution is -2.48. The molecular formula is C20H21N7O2. The van der Waals surface area contributed by atoms with Gasteiger partial charge in [-0.1, -0.05) is 6.07 Å². The van der Waals surface area contributed by atoms with Gasteiger partial charge < -0.3 is 15.4 Å². The number of anilines is 1. The fraction of sp³-hybridized carbons (Fsp3) is 0.300. The summed E-state index contributed by atoms with van der Waals surface area (Å²) >= 11 is 0. The fourth-order valence-electron chi connectivity index (χ4n) is 3.42. The Hall–Kier alpha value is -3.62. The summed E-state index contributed by atoms with van der Waals surface area (Å²) in [6.45, 7) is 0.859. The highest BCUT2D eigenvalue weighted by molar-refractivity contribution is 6.00. The van der Waals surface area contributed by atoms with Gasteiger partial charge in [0, 0.05) is 38.4 Å². The van der Waals surface area contributed by atoms with E-state index in [4.69, 9.17) is 4.74 Å². The van der Waals surface area contributed by atoms with Gasteiger partial charge in [-0.2, -0.15) is 10.2 Å². The fourth-order valence-corrected chi connectivity index (χ4v) is 3.42. The summed E-state index contributed by atoms with van der Waals surface area (Å²) in [6, 6.07) is 5.56. The van der Waals surface area contributed by atoms with Gasteiger partial charge >= 0.3 is 0 Å². The van der Waals surface area contributed by atoms with Crippen LogP contribution in [0.5, 0.6) is 0 Å². The first-order chi connectivity index (χ1) is 14.1. The molecule has 1 fully saturated rings. The average Bonchev–Trinajstić information content (AvgIpc) is 3.11. The monoisotopic (exact) mass is 391 g/mol. The number of nitrogens with one attached hydrogen (secondary N) is 2. The van der Waals surface area contributed by atoms with E-state index >= 15 is 0 Å². The van der Waals surface area contributed by atoms with Crippen LogP contribution in [-0.4, -0.2) is 30.5 Å². The zero-order valence-electron chi connectivity index (χ0n) is 15.9. The molecule has 0 radical (unpaired) electrons. The molecule has 0 bridgehead atoms. The second kappa shape index (κ2) is 6.77. The lowest BCUT2D eigenvalue weighted by atomic mass is 10.1. The van der Waals surface area contributed by atoms with Crippen molar-refractivity contribution in [3.63, 3.8) is 0 Å². The lowest BCUT2D eigenvalue weighted by Gasteiger charge is -2.26. The molecule has 9 nitrogen and oxygen atoms in total. The Kier molecular flexibility index (Phi) is 4.08. The van der Waals surface area contributed by atoms with Crippen LogP contribution in [0.4, 0.5) is 5.69 Å². The number of hydrogen-bond acceptors (Lipinski definition) is 6. The van der Waals surface area contributed by atoms with Crippen LogP contribution in [0.2, 0.25) is 0 Å².